The van der Waals surface area contributed by atoms with Crippen LogP contribution in [-0.4, -0.2) is 57.3 Å². The van der Waals surface area contributed by atoms with Crippen molar-refractivity contribution in [3.63, 3.8) is 0 Å². The minimum atomic E-state index is -0.536. The first-order valence-electron chi connectivity index (χ1n) is 10.9. The number of nitrogens with zero attached hydrogens (tertiary/aromatic N) is 2. The molecule has 2 heterocycles. The Morgan fingerprint density at radius 1 is 1.00 bits per heavy atom. The van der Waals surface area contributed by atoms with Gasteiger partial charge in [0.2, 0.25) is 0 Å². The van der Waals surface area contributed by atoms with Crippen molar-refractivity contribution in [2.45, 2.75) is 5.88 Å². The number of benzene rings is 1. The number of aromatic nitrogens is 1. The topological polar surface area (TPSA) is 92.8 Å². The van der Waals surface area contributed by atoms with Crippen LogP contribution in [0, 0.1) is 0 Å². The van der Waals surface area contributed by atoms with Crippen LogP contribution in [0.4, 0.5) is 17.2 Å². The number of methoxy groups -OCH3 is 2. The second-order valence-electron chi connectivity index (χ2n) is 7.63. The van der Waals surface area contributed by atoms with E-state index >= 15 is 0 Å². The van der Waals surface area contributed by atoms with Crippen LogP contribution in [0.2, 0.25) is 15.1 Å². The van der Waals surface area contributed by atoms with Gasteiger partial charge in [0, 0.05) is 44.4 Å². The van der Waals surface area contributed by atoms with Gasteiger partial charge in [-0.05, 0) is 35.2 Å². The first kappa shape index (κ1) is 29.4. The van der Waals surface area contributed by atoms with Gasteiger partial charge in [0.15, 0.2) is 0 Å². The minimum Gasteiger partial charge on any atom is -0.383 e. The number of ether oxygens (including phenoxy) is 2. The van der Waals surface area contributed by atoms with Gasteiger partial charge in [0.25, 0.3) is 11.8 Å². The van der Waals surface area contributed by atoms with Crippen molar-refractivity contribution in [1.29, 1.82) is 0 Å². The Kier molecular flexibility index (Phi) is 11.3. The predicted molar refractivity (Wildman–Crippen MR) is 151 cm³/mol. The van der Waals surface area contributed by atoms with Gasteiger partial charge in [0.1, 0.15) is 10.7 Å². The highest BCUT2D eigenvalue weighted by molar-refractivity contribution is 7.13. The summed E-state index contributed by atoms with van der Waals surface area (Å²) < 4.78 is 10.5. The maximum Gasteiger partial charge on any atom is 0.267 e. The minimum absolute atomic E-state index is 0.123. The largest absolute Gasteiger partial charge is 0.383 e. The molecule has 0 spiro atoms. The summed E-state index contributed by atoms with van der Waals surface area (Å²) in [6.07, 6.45) is 1.41. The molecule has 0 fully saturated rings. The summed E-state index contributed by atoms with van der Waals surface area (Å²) in [5, 5.41) is 8.28. The molecule has 0 aliphatic carbocycles. The predicted octanol–water partition coefficient (Wildman–Crippen LogP) is 6.45. The van der Waals surface area contributed by atoms with Crippen LogP contribution in [0.5, 0.6) is 0 Å². The Labute approximate surface area is 238 Å². The van der Waals surface area contributed by atoms with Gasteiger partial charge in [-0.3, -0.25) is 9.59 Å². The lowest BCUT2D eigenvalue weighted by molar-refractivity contribution is 0.102. The van der Waals surface area contributed by atoms with E-state index in [0.717, 1.165) is 11.3 Å². The van der Waals surface area contributed by atoms with Crippen LogP contribution in [0.25, 0.3) is 0 Å². The van der Waals surface area contributed by atoms with Crippen LogP contribution < -0.4 is 15.5 Å². The lowest BCUT2D eigenvalue weighted by Gasteiger charge is -2.28. The van der Waals surface area contributed by atoms with E-state index in [0.29, 0.717) is 47.6 Å². The number of amides is 2. The Hall–Kier alpha value is -2.11. The maximum absolute atomic E-state index is 13.4. The smallest absolute Gasteiger partial charge is 0.267 e. The third-order valence-electron chi connectivity index (χ3n) is 5.16. The lowest BCUT2D eigenvalue weighted by Crippen LogP contribution is -2.32. The van der Waals surface area contributed by atoms with Crippen LogP contribution in [-0.2, 0) is 15.4 Å². The monoisotopic (exact) mass is 604 g/mol. The molecule has 2 aromatic heterocycles. The van der Waals surface area contributed by atoms with Crippen LogP contribution >= 0.6 is 57.7 Å². The average Bonchev–Trinajstić information content (AvgIpc) is 3.26. The molecule has 0 unspecified atom stereocenters. The van der Waals surface area contributed by atoms with Crippen LogP contribution in [0.1, 0.15) is 25.6 Å². The number of thiophene rings is 1. The number of pyridine rings is 1. The Balaban J connectivity index is 2.09. The number of hydrogen-bond acceptors (Lipinski definition) is 7. The van der Waals surface area contributed by atoms with E-state index in [-0.39, 0.29) is 32.8 Å². The number of hydrogen-bond donors (Lipinski definition) is 2. The summed E-state index contributed by atoms with van der Waals surface area (Å²) in [5.74, 6) is -0.590. The van der Waals surface area contributed by atoms with Crippen molar-refractivity contribution in [1.82, 2.24) is 4.98 Å². The van der Waals surface area contributed by atoms with Crippen molar-refractivity contribution in [2.75, 3.05) is 56.1 Å². The van der Waals surface area contributed by atoms with E-state index in [4.69, 9.17) is 55.9 Å². The second kappa shape index (κ2) is 14.2. The molecule has 0 saturated carbocycles. The number of rotatable bonds is 12. The summed E-state index contributed by atoms with van der Waals surface area (Å²) in [6, 6.07) is 6.30. The molecule has 0 atom stereocenters. The normalized spacial score (nSPS) is 10.9. The van der Waals surface area contributed by atoms with Crippen molar-refractivity contribution in [2.24, 2.45) is 0 Å². The number of halogens is 4. The SMILES string of the molecule is COCCN(CCOC)c1cc(Cl)cc(C(=O)Nc2ccc(Cl)cn2)c1NC(=O)c1scc(CCl)c1Cl. The highest BCUT2D eigenvalue weighted by Gasteiger charge is 2.25. The third-order valence-corrected chi connectivity index (χ3v) is 7.46. The van der Waals surface area contributed by atoms with E-state index in [2.05, 4.69) is 15.6 Å². The van der Waals surface area contributed by atoms with Gasteiger partial charge in [-0.25, -0.2) is 4.98 Å². The number of carbonyl (C=O) groups is 2. The molecular weight excluding hydrogens is 582 g/mol. The van der Waals surface area contributed by atoms with Crippen LogP contribution in [0.3, 0.4) is 0 Å². The van der Waals surface area contributed by atoms with Crippen molar-refractivity contribution >= 4 is 86.7 Å². The molecular formula is C24H24Cl4N4O4S. The summed E-state index contributed by atoms with van der Waals surface area (Å²) in [7, 11) is 3.17. The zero-order valence-corrected chi connectivity index (χ0v) is 23.8. The molecule has 2 N–H and O–H groups in total. The van der Waals surface area contributed by atoms with Crippen molar-refractivity contribution in [3.05, 3.63) is 66.9 Å². The zero-order valence-electron chi connectivity index (χ0n) is 19.9. The first-order valence-corrected chi connectivity index (χ1v) is 13.5. The molecule has 198 valence electrons. The van der Waals surface area contributed by atoms with Gasteiger partial charge < -0.3 is 25.0 Å². The van der Waals surface area contributed by atoms with Gasteiger partial charge in [0.05, 0.1) is 40.2 Å². The highest BCUT2D eigenvalue weighted by Crippen LogP contribution is 2.36. The molecule has 37 heavy (non-hydrogen) atoms. The lowest BCUT2D eigenvalue weighted by atomic mass is 10.1. The van der Waals surface area contributed by atoms with Crippen molar-refractivity contribution in [3.8, 4) is 0 Å². The maximum atomic E-state index is 13.4. The van der Waals surface area contributed by atoms with E-state index in [9.17, 15) is 9.59 Å². The molecule has 8 nitrogen and oxygen atoms in total. The Bertz CT molecular complexity index is 1230. The molecule has 2 amide bonds. The third kappa shape index (κ3) is 7.70. The fourth-order valence-corrected chi connectivity index (χ4v) is 5.29. The van der Waals surface area contributed by atoms with Gasteiger partial charge in [-0.15, -0.1) is 22.9 Å². The summed E-state index contributed by atoms with van der Waals surface area (Å²) >= 11 is 25.8. The number of anilines is 3. The Morgan fingerprint density at radius 3 is 2.27 bits per heavy atom. The molecule has 1 aromatic carbocycles. The molecule has 0 aliphatic rings. The first-order chi connectivity index (χ1) is 17.8. The average molecular weight is 606 g/mol. The van der Waals surface area contributed by atoms with E-state index < -0.39 is 11.8 Å². The summed E-state index contributed by atoms with van der Waals surface area (Å²) in [6.45, 7) is 1.66. The van der Waals surface area contributed by atoms with Gasteiger partial charge >= 0.3 is 0 Å². The summed E-state index contributed by atoms with van der Waals surface area (Å²) in [5.41, 5.74) is 1.51. The van der Waals surface area contributed by atoms with Crippen LogP contribution in [0.15, 0.2) is 35.8 Å². The fraction of sp³-hybridized carbons (Fsp3) is 0.292. The molecule has 13 heteroatoms. The quantitative estimate of drug-likeness (QED) is 0.231. The molecule has 0 radical (unpaired) electrons. The van der Waals surface area contributed by atoms with E-state index in [1.807, 2.05) is 4.90 Å². The highest BCUT2D eigenvalue weighted by atomic mass is 35.5. The summed E-state index contributed by atoms with van der Waals surface area (Å²) in [4.78, 5) is 33.0. The molecule has 3 rings (SSSR count). The Morgan fingerprint density at radius 2 is 1.70 bits per heavy atom. The second-order valence-corrected chi connectivity index (χ2v) is 10.0. The molecule has 0 bridgehead atoms. The van der Waals surface area contributed by atoms with Gasteiger partial charge in [-0.2, -0.15) is 0 Å². The standard InChI is InChI=1S/C24H24Cl4N4O4S/c1-35-7-5-32(6-8-36-2)18-10-16(27)9-17(23(33)30-19-4-3-15(26)12-29-19)21(18)31-24(34)22-20(28)14(11-25)13-37-22/h3-4,9-10,12-13H,5-8,11H2,1-2H3,(H,31,34)(H,29,30,33). The van der Waals surface area contributed by atoms with Gasteiger partial charge in [-0.1, -0.05) is 34.8 Å². The van der Waals surface area contributed by atoms with E-state index in [1.165, 1.54) is 12.3 Å². The zero-order chi connectivity index (χ0) is 26.9. The molecule has 0 aliphatic heterocycles. The number of alkyl halides is 1. The molecule has 0 saturated heterocycles. The number of carbonyl (C=O) groups excluding carboxylic acids is 2. The molecule has 3 aromatic rings. The van der Waals surface area contributed by atoms with Crippen molar-refractivity contribution < 1.29 is 19.1 Å². The fourth-order valence-electron chi connectivity index (χ4n) is 3.33. The number of nitrogens with one attached hydrogen (secondary N) is 2. The van der Waals surface area contributed by atoms with E-state index in [1.54, 1.807) is 37.8 Å².